The predicted molar refractivity (Wildman–Crippen MR) is 91.3 cm³/mol. The van der Waals surface area contributed by atoms with Gasteiger partial charge in [-0.05, 0) is 61.2 Å². The zero-order chi connectivity index (χ0) is 16.1. The molecule has 1 aliphatic carbocycles. The van der Waals surface area contributed by atoms with Crippen molar-refractivity contribution in [1.82, 2.24) is 15.5 Å². The molecule has 1 aromatic heterocycles. The quantitative estimate of drug-likeness (QED) is 0.810. The lowest BCUT2D eigenvalue weighted by Crippen LogP contribution is -2.44. The fourth-order valence-electron chi connectivity index (χ4n) is 3.08. The van der Waals surface area contributed by atoms with Gasteiger partial charge in [-0.2, -0.15) is 11.3 Å². The van der Waals surface area contributed by atoms with Crippen molar-refractivity contribution < 1.29 is 9.59 Å². The van der Waals surface area contributed by atoms with Gasteiger partial charge in [-0.15, -0.1) is 0 Å². The number of amides is 2. The first-order valence-corrected chi connectivity index (χ1v) is 9.53. The number of carbonyl (C=O) groups excluding carboxylic acids is 2. The molecule has 0 aromatic carbocycles. The molecule has 2 fully saturated rings. The zero-order valence-electron chi connectivity index (χ0n) is 13.4. The third-order valence-corrected chi connectivity index (χ3v) is 5.29. The van der Waals surface area contributed by atoms with Crippen LogP contribution in [0.15, 0.2) is 16.8 Å². The molecule has 1 aromatic rings. The molecule has 5 nitrogen and oxygen atoms in total. The molecule has 2 aliphatic rings. The Morgan fingerprint density at radius 1 is 1.17 bits per heavy atom. The van der Waals surface area contributed by atoms with Gasteiger partial charge < -0.3 is 10.6 Å². The van der Waals surface area contributed by atoms with E-state index < -0.39 is 11.8 Å². The van der Waals surface area contributed by atoms with E-state index in [1.54, 1.807) is 11.3 Å². The molecule has 126 valence electrons. The number of nitrogens with one attached hydrogen (secondary N) is 2. The van der Waals surface area contributed by atoms with Gasteiger partial charge in [0.05, 0.1) is 6.04 Å². The van der Waals surface area contributed by atoms with Gasteiger partial charge in [0.15, 0.2) is 0 Å². The lowest BCUT2D eigenvalue weighted by molar-refractivity contribution is -0.139. The monoisotopic (exact) mass is 335 g/mol. The number of hydrogen-bond acceptors (Lipinski definition) is 4. The Kier molecular flexibility index (Phi) is 5.67. The molecule has 2 heterocycles. The van der Waals surface area contributed by atoms with Gasteiger partial charge in [-0.1, -0.05) is 12.8 Å². The summed E-state index contributed by atoms with van der Waals surface area (Å²) in [5.41, 5.74) is 1.24. The lowest BCUT2D eigenvalue weighted by Gasteiger charge is -2.30. The van der Waals surface area contributed by atoms with Crippen molar-refractivity contribution >= 4 is 23.2 Å². The number of likely N-dealkylation sites (tertiary alicyclic amines) is 1. The van der Waals surface area contributed by atoms with Crippen molar-refractivity contribution in [3.63, 3.8) is 0 Å². The second kappa shape index (κ2) is 7.93. The summed E-state index contributed by atoms with van der Waals surface area (Å²) >= 11 is 1.68. The maximum Gasteiger partial charge on any atom is 0.309 e. The standard InChI is InChI=1S/C17H25N3O2S/c21-16(17(22)19-14-5-6-14)18-11-15(13-7-10-23-12-13)20-8-3-1-2-4-9-20/h7,10,12,14-15H,1-6,8-9,11H2,(H,18,21)(H,19,22)/t15-/m1/s1. The SMILES string of the molecule is O=C(NC[C@H](c1ccsc1)N1CCCCCC1)C(=O)NC1CC1. The van der Waals surface area contributed by atoms with Crippen LogP contribution in [-0.2, 0) is 9.59 Å². The molecule has 0 radical (unpaired) electrons. The maximum atomic E-state index is 12.0. The smallest absolute Gasteiger partial charge is 0.309 e. The molecule has 2 amide bonds. The van der Waals surface area contributed by atoms with Crippen molar-refractivity contribution in [3.8, 4) is 0 Å². The molecular formula is C17H25N3O2S. The normalized spacial score (nSPS) is 20.5. The molecule has 1 saturated heterocycles. The van der Waals surface area contributed by atoms with Crippen LogP contribution >= 0.6 is 11.3 Å². The van der Waals surface area contributed by atoms with Gasteiger partial charge >= 0.3 is 11.8 Å². The number of nitrogens with zero attached hydrogens (tertiary/aromatic N) is 1. The average molecular weight is 335 g/mol. The van der Waals surface area contributed by atoms with Crippen molar-refractivity contribution in [1.29, 1.82) is 0 Å². The zero-order valence-corrected chi connectivity index (χ0v) is 14.2. The molecule has 3 rings (SSSR count). The lowest BCUT2D eigenvalue weighted by atomic mass is 10.1. The first-order chi connectivity index (χ1) is 11.2. The number of hydrogen-bond donors (Lipinski definition) is 2. The third-order valence-electron chi connectivity index (χ3n) is 4.58. The summed E-state index contributed by atoms with van der Waals surface area (Å²) in [5, 5.41) is 9.79. The van der Waals surface area contributed by atoms with Gasteiger partial charge in [0.1, 0.15) is 0 Å². The predicted octanol–water partition coefficient (Wildman–Crippen LogP) is 2.06. The summed E-state index contributed by atoms with van der Waals surface area (Å²) in [5.74, 6) is -1.00. The van der Waals surface area contributed by atoms with Crippen LogP contribution in [0, 0.1) is 0 Å². The second-order valence-corrected chi connectivity index (χ2v) is 7.26. The molecule has 1 saturated carbocycles. The first-order valence-electron chi connectivity index (χ1n) is 8.59. The Balaban J connectivity index is 1.59. The Bertz CT molecular complexity index is 520. The average Bonchev–Trinajstić information content (AvgIpc) is 3.27. The van der Waals surface area contributed by atoms with Crippen LogP contribution in [-0.4, -0.2) is 42.4 Å². The van der Waals surface area contributed by atoms with E-state index in [9.17, 15) is 9.59 Å². The Morgan fingerprint density at radius 2 is 1.91 bits per heavy atom. The largest absolute Gasteiger partial charge is 0.346 e. The summed E-state index contributed by atoms with van der Waals surface area (Å²) in [7, 11) is 0. The molecule has 0 bridgehead atoms. The highest BCUT2D eigenvalue weighted by atomic mass is 32.1. The van der Waals surface area contributed by atoms with Gasteiger partial charge in [0.2, 0.25) is 0 Å². The Labute approximate surface area is 141 Å². The molecular weight excluding hydrogens is 310 g/mol. The topological polar surface area (TPSA) is 61.4 Å². The van der Waals surface area contributed by atoms with Crippen molar-refractivity contribution in [2.24, 2.45) is 0 Å². The summed E-state index contributed by atoms with van der Waals surface area (Å²) < 4.78 is 0. The van der Waals surface area contributed by atoms with Gasteiger partial charge in [-0.25, -0.2) is 0 Å². The first kappa shape index (κ1) is 16.5. The molecule has 0 spiro atoms. The number of thiophene rings is 1. The fourth-order valence-corrected chi connectivity index (χ4v) is 3.78. The van der Waals surface area contributed by atoms with Crippen LogP contribution in [0.5, 0.6) is 0 Å². The molecule has 2 N–H and O–H groups in total. The highest BCUT2D eigenvalue weighted by Gasteiger charge is 2.28. The summed E-state index contributed by atoms with van der Waals surface area (Å²) in [6.45, 7) is 2.61. The maximum absolute atomic E-state index is 12.0. The van der Waals surface area contributed by atoms with E-state index >= 15 is 0 Å². The van der Waals surface area contributed by atoms with Crippen LogP contribution < -0.4 is 10.6 Å². The molecule has 1 aliphatic heterocycles. The fraction of sp³-hybridized carbons (Fsp3) is 0.647. The Hall–Kier alpha value is -1.40. The minimum absolute atomic E-state index is 0.164. The van der Waals surface area contributed by atoms with Crippen molar-refractivity contribution in [2.75, 3.05) is 19.6 Å². The summed E-state index contributed by atoms with van der Waals surface area (Å²) in [4.78, 5) is 26.2. The van der Waals surface area contributed by atoms with Crippen LogP contribution in [0.25, 0.3) is 0 Å². The summed E-state index contributed by atoms with van der Waals surface area (Å²) in [6.07, 6.45) is 6.95. The van der Waals surface area contributed by atoms with Gasteiger partial charge in [-0.3, -0.25) is 14.5 Å². The molecule has 0 unspecified atom stereocenters. The summed E-state index contributed by atoms with van der Waals surface area (Å²) in [6, 6.07) is 2.50. The van der Waals surface area contributed by atoms with Gasteiger partial charge in [0, 0.05) is 12.6 Å². The minimum Gasteiger partial charge on any atom is -0.346 e. The van der Waals surface area contributed by atoms with E-state index in [0.717, 1.165) is 25.9 Å². The van der Waals surface area contributed by atoms with E-state index in [1.165, 1.54) is 31.2 Å². The molecule has 23 heavy (non-hydrogen) atoms. The highest BCUT2D eigenvalue weighted by molar-refractivity contribution is 7.07. The van der Waals surface area contributed by atoms with Crippen LogP contribution in [0.1, 0.15) is 50.1 Å². The van der Waals surface area contributed by atoms with E-state index in [1.807, 2.05) is 0 Å². The number of rotatable bonds is 5. The van der Waals surface area contributed by atoms with Crippen molar-refractivity contribution in [2.45, 2.75) is 50.6 Å². The van der Waals surface area contributed by atoms with E-state index in [2.05, 4.69) is 32.4 Å². The number of carbonyl (C=O) groups is 2. The van der Waals surface area contributed by atoms with Crippen molar-refractivity contribution in [3.05, 3.63) is 22.4 Å². The van der Waals surface area contributed by atoms with Crippen LogP contribution in [0.3, 0.4) is 0 Å². The molecule has 6 heteroatoms. The highest BCUT2D eigenvalue weighted by Crippen LogP contribution is 2.25. The van der Waals surface area contributed by atoms with E-state index in [-0.39, 0.29) is 12.1 Å². The van der Waals surface area contributed by atoms with E-state index in [4.69, 9.17) is 0 Å². The molecule has 1 atom stereocenters. The minimum atomic E-state index is -0.507. The second-order valence-electron chi connectivity index (χ2n) is 6.48. The van der Waals surface area contributed by atoms with E-state index in [0.29, 0.717) is 6.54 Å². The third kappa shape index (κ3) is 4.78. The van der Waals surface area contributed by atoms with Crippen LogP contribution in [0.2, 0.25) is 0 Å². The van der Waals surface area contributed by atoms with Crippen LogP contribution in [0.4, 0.5) is 0 Å². The van der Waals surface area contributed by atoms with Gasteiger partial charge in [0.25, 0.3) is 0 Å². The Morgan fingerprint density at radius 3 is 2.52 bits per heavy atom.